The van der Waals surface area contributed by atoms with Crippen LogP contribution in [0.1, 0.15) is 0 Å². The normalized spacial score (nSPS) is 10.1. The van der Waals surface area contributed by atoms with Crippen LogP contribution < -0.4 is 15.8 Å². The van der Waals surface area contributed by atoms with Gasteiger partial charge in [0.2, 0.25) is 5.95 Å². The SMILES string of the molecule is Nc1ncc(Br)c(NCCOc2ccccc2)n1. The number of halogens is 1. The average Bonchev–Trinajstić information content (AvgIpc) is 2.40. The fourth-order valence-electron chi connectivity index (χ4n) is 1.36. The van der Waals surface area contributed by atoms with Crippen molar-refractivity contribution >= 4 is 27.7 Å². The summed E-state index contributed by atoms with van der Waals surface area (Å²) in [6, 6.07) is 9.65. The van der Waals surface area contributed by atoms with Crippen molar-refractivity contribution in [2.45, 2.75) is 0 Å². The molecule has 0 aliphatic rings. The predicted molar refractivity (Wildman–Crippen MR) is 74.6 cm³/mol. The molecular formula is C12H13BrN4O. The van der Waals surface area contributed by atoms with Gasteiger partial charge in [-0.2, -0.15) is 4.98 Å². The molecule has 0 amide bonds. The Balaban J connectivity index is 1.80. The highest BCUT2D eigenvalue weighted by molar-refractivity contribution is 9.10. The molecule has 2 rings (SSSR count). The Morgan fingerprint density at radius 1 is 1.28 bits per heavy atom. The van der Waals surface area contributed by atoms with Crippen molar-refractivity contribution in [2.24, 2.45) is 0 Å². The molecule has 0 atom stereocenters. The minimum Gasteiger partial charge on any atom is -0.492 e. The number of nitrogens with zero attached hydrogens (tertiary/aromatic N) is 2. The van der Waals surface area contributed by atoms with Crippen LogP contribution >= 0.6 is 15.9 Å². The van der Waals surface area contributed by atoms with Crippen LogP contribution in [-0.4, -0.2) is 23.1 Å². The summed E-state index contributed by atoms with van der Waals surface area (Å²) in [5.41, 5.74) is 5.51. The number of aromatic nitrogens is 2. The van der Waals surface area contributed by atoms with Crippen LogP contribution in [0.3, 0.4) is 0 Å². The van der Waals surface area contributed by atoms with Gasteiger partial charge in [0.1, 0.15) is 18.2 Å². The van der Waals surface area contributed by atoms with Gasteiger partial charge in [0.25, 0.3) is 0 Å². The van der Waals surface area contributed by atoms with Gasteiger partial charge in [0.05, 0.1) is 11.0 Å². The number of nitrogens with two attached hydrogens (primary N) is 1. The van der Waals surface area contributed by atoms with E-state index in [0.717, 1.165) is 10.2 Å². The summed E-state index contributed by atoms with van der Waals surface area (Å²) in [4.78, 5) is 7.93. The van der Waals surface area contributed by atoms with Gasteiger partial charge in [-0.3, -0.25) is 0 Å². The molecule has 0 fully saturated rings. The number of benzene rings is 1. The third kappa shape index (κ3) is 3.59. The summed E-state index contributed by atoms with van der Waals surface area (Å²) in [5, 5.41) is 3.12. The first-order chi connectivity index (χ1) is 8.75. The zero-order valence-corrected chi connectivity index (χ0v) is 11.2. The van der Waals surface area contributed by atoms with Gasteiger partial charge >= 0.3 is 0 Å². The topological polar surface area (TPSA) is 73.1 Å². The number of nitrogen functional groups attached to an aromatic ring is 1. The van der Waals surface area contributed by atoms with E-state index in [0.29, 0.717) is 19.0 Å². The molecule has 1 aromatic carbocycles. The Morgan fingerprint density at radius 3 is 2.83 bits per heavy atom. The minimum atomic E-state index is 0.240. The van der Waals surface area contributed by atoms with Crippen molar-refractivity contribution in [3.05, 3.63) is 41.0 Å². The van der Waals surface area contributed by atoms with Crippen LogP contribution in [0.4, 0.5) is 11.8 Å². The van der Waals surface area contributed by atoms with Gasteiger partial charge in [-0.25, -0.2) is 4.98 Å². The third-order valence-corrected chi connectivity index (χ3v) is 2.75. The Bertz CT molecular complexity index is 507. The molecule has 0 saturated heterocycles. The summed E-state index contributed by atoms with van der Waals surface area (Å²) in [7, 11) is 0. The highest BCUT2D eigenvalue weighted by Crippen LogP contribution is 2.18. The lowest BCUT2D eigenvalue weighted by Gasteiger charge is -2.09. The predicted octanol–water partition coefficient (Wildman–Crippen LogP) is 2.31. The first kappa shape index (κ1) is 12.6. The largest absolute Gasteiger partial charge is 0.492 e. The molecule has 0 saturated carbocycles. The van der Waals surface area contributed by atoms with Gasteiger partial charge in [0.15, 0.2) is 0 Å². The monoisotopic (exact) mass is 308 g/mol. The summed E-state index contributed by atoms with van der Waals surface area (Å²) in [6.45, 7) is 1.17. The van der Waals surface area contributed by atoms with Crippen LogP contribution in [0.25, 0.3) is 0 Å². The van der Waals surface area contributed by atoms with E-state index in [1.165, 1.54) is 0 Å². The highest BCUT2D eigenvalue weighted by atomic mass is 79.9. The maximum Gasteiger partial charge on any atom is 0.221 e. The van der Waals surface area contributed by atoms with Gasteiger partial charge in [-0.15, -0.1) is 0 Å². The fourth-order valence-corrected chi connectivity index (χ4v) is 1.69. The highest BCUT2D eigenvalue weighted by Gasteiger charge is 2.02. The molecule has 0 bridgehead atoms. The van der Waals surface area contributed by atoms with Crippen molar-refractivity contribution in [3.8, 4) is 5.75 Å². The maximum absolute atomic E-state index is 5.55. The standard InChI is InChI=1S/C12H13BrN4O/c13-10-8-16-12(14)17-11(10)15-6-7-18-9-4-2-1-3-5-9/h1-5,8H,6-7H2,(H3,14,15,16,17). The van der Waals surface area contributed by atoms with E-state index in [1.54, 1.807) is 6.20 Å². The second-order valence-electron chi connectivity index (χ2n) is 3.51. The second kappa shape index (κ2) is 6.20. The molecule has 0 radical (unpaired) electrons. The van der Waals surface area contributed by atoms with E-state index in [1.807, 2.05) is 30.3 Å². The Morgan fingerprint density at radius 2 is 2.06 bits per heavy atom. The van der Waals surface area contributed by atoms with Crippen molar-refractivity contribution in [1.29, 1.82) is 0 Å². The maximum atomic E-state index is 5.55. The van der Waals surface area contributed by atoms with E-state index in [-0.39, 0.29) is 5.95 Å². The van der Waals surface area contributed by atoms with Crippen molar-refractivity contribution in [1.82, 2.24) is 9.97 Å². The number of ether oxygens (including phenoxy) is 1. The lowest BCUT2D eigenvalue weighted by Crippen LogP contribution is -2.13. The number of para-hydroxylation sites is 1. The molecule has 1 aromatic heterocycles. The molecule has 2 aromatic rings. The molecule has 0 aliphatic heterocycles. The van der Waals surface area contributed by atoms with Gasteiger partial charge < -0.3 is 15.8 Å². The molecule has 3 N–H and O–H groups in total. The van der Waals surface area contributed by atoms with E-state index >= 15 is 0 Å². The molecule has 94 valence electrons. The van der Waals surface area contributed by atoms with Crippen molar-refractivity contribution in [2.75, 3.05) is 24.2 Å². The Hall–Kier alpha value is -1.82. The smallest absolute Gasteiger partial charge is 0.221 e. The van der Waals surface area contributed by atoms with Crippen molar-refractivity contribution < 1.29 is 4.74 Å². The Labute approximate surface area is 114 Å². The van der Waals surface area contributed by atoms with E-state index < -0.39 is 0 Å². The molecule has 6 heteroatoms. The summed E-state index contributed by atoms with van der Waals surface area (Å²) < 4.78 is 6.32. The lowest BCUT2D eigenvalue weighted by atomic mass is 10.3. The lowest BCUT2D eigenvalue weighted by molar-refractivity contribution is 0.332. The molecular weight excluding hydrogens is 296 g/mol. The van der Waals surface area contributed by atoms with Crippen LogP contribution in [0.2, 0.25) is 0 Å². The zero-order chi connectivity index (χ0) is 12.8. The minimum absolute atomic E-state index is 0.240. The van der Waals surface area contributed by atoms with E-state index in [2.05, 4.69) is 31.2 Å². The summed E-state index contributed by atoms with van der Waals surface area (Å²) in [5.74, 6) is 1.75. The number of hydrogen-bond donors (Lipinski definition) is 2. The average molecular weight is 309 g/mol. The van der Waals surface area contributed by atoms with E-state index in [4.69, 9.17) is 10.5 Å². The van der Waals surface area contributed by atoms with Crippen LogP contribution in [-0.2, 0) is 0 Å². The van der Waals surface area contributed by atoms with E-state index in [9.17, 15) is 0 Å². The summed E-state index contributed by atoms with van der Waals surface area (Å²) in [6.07, 6.45) is 1.61. The molecule has 1 heterocycles. The van der Waals surface area contributed by atoms with Crippen LogP contribution in [0.15, 0.2) is 41.0 Å². The molecule has 5 nitrogen and oxygen atoms in total. The number of anilines is 2. The Kier molecular flexibility index (Phi) is 4.35. The number of hydrogen-bond acceptors (Lipinski definition) is 5. The molecule has 0 unspecified atom stereocenters. The van der Waals surface area contributed by atoms with Gasteiger partial charge in [-0.1, -0.05) is 18.2 Å². The zero-order valence-electron chi connectivity index (χ0n) is 9.64. The molecule has 0 spiro atoms. The molecule has 0 aliphatic carbocycles. The quantitative estimate of drug-likeness (QED) is 0.829. The number of rotatable bonds is 5. The van der Waals surface area contributed by atoms with Crippen LogP contribution in [0.5, 0.6) is 5.75 Å². The third-order valence-electron chi connectivity index (χ3n) is 2.17. The number of nitrogens with one attached hydrogen (secondary N) is 1. The van der Waals surface area contributed by atoms with Gasteiger partial charge in [0, 0.05) is 6.20 Å². The van der Waals surface area contributed by atoms with Crippen molar-refractivity contribution in [3.63, 3.8) is 0 Å². The van der Waals surface area contributed by atoms with Crippen LogP contribution in [0, 0.1) is 0 Å². The molecule has 18 heavy (non-hydrogen) atoms. The van der Waals surface area contributed by atoms with Gasteiger partial charge in [-0.05, 0) is 28.1 Å². The first-order valence-electron chi connectivity index (χ1n) is 5.45. The second-order valence-corrected chi connectivity index (χ2v) is 4.37. The fraction of sp³-hybridized carbons (Fsp3) is 0.167. The summed E-state index contributed by atoms with van der Waals surface area (Å²) >= 11 is 3.34. The first-order valence-corrected chi connectivity index (χ1v) is 6.25.